The minimum atomic E-state index is -1.29. The summed E-state index contributed by atoms with van der Waals surface area (Å²) in [6, 6.07) is 46.5. The second kappa shape index (κ2) is 31.4. The van der Waals surface area contributed by atoms with Crippen molar-refractivity contribution in [3.8, 4) is 11.5 Å². The lowest BCUT2D eigenvalue weighted by atomic mass is 9.78. The average molecular weight is 1380 g/mol. The summed E-state index contributed by atoms with van der Waals surface area (Å²) < 4.78 is 129. The fourth-order valence-electron chi connectivity index (χ4n) is 14.3. The molecule has 2 aliphatic carbocycles. The highest BCUT2D eigenvalue weighted by molar-refractivity contribution is 6.05. The standard InChI is InChI=1S/C41H43F4N3O3.C39H39F4N3O3/c1-4-47(36-18-12-11-17-29(36)30-21-34(44)35(45)23-32(30)42)39(49)31-22-37-38(24-33(31)43)51-41(2,3)40(50)48(37)20-19-46(25-27-13-7-5-8-14-27)26-28-15-9-6-10-16-28;1-39(2)38(48)46(18-17-45(23-25-11-5-3-6-12-25)24-26-13-7-4-8-14-26)35-20-29(31(41)22-36(35)49-39)37(47)44-34-16-10-9-15-27(34)28-19-32(42)33(43)21-30(28)40/h5-10,13-16,21-24,29,36H,4,11-12,17-20,25-26H2,1-3H3;3-8,11-14,19-22,27,34H,9-10,15-18,23-24H2,1-2H3,(H,44,47)/t29-,36+;27-,34+/m11/s1. The van der Waals surface area contributed by atoms with E-state index in [1.165, 1.54) is 21.9 Å². The summed E-state index contributed by atoms with van der Waals surface area (Å²) in [6.45, 7) is 12.4. The van der Waals surface area contributed by atoms with Gasteiger partial charge in [-0.2, -0.15) is 0 Å². The molecule has 4 aliphatic rings. The first-order valence-corrected chi connectivity index (χ1v) is 34.2. The van der Waals surface area contributed by atoms with Crippen molar-refractivity contribution in [1.82, 2.24) is 20.0 Å². The van der Waals surface area contributed by atoms with Crippen LogP contribution in [0.3, 0.4) is 0 Å². The van der Waals surface area contributed by atoms with Gasteiger partial charge in [0.05, 0.1) is 22.5 Å². The molecule has 2 saturated carbocycles. The van der Waals surface area contributed by atoms with Gasteiger partial charge in [-0.3, -0.25) is 29.0 Å². The quantitative estimate of drug-likeness (QED) is 0.0559. The number of carbonyl (C=O) groups is 4. The molecule has 0 spiro atoms. The minimum absolute atomic E-state index is 0.00118. The summed E-state index contributed by atoms with van der Waals surface area (Å²) in [5.41, 5.74) is 1.84. The molecule has 20 heteroatoms. The fourth-order valence-corrected chi connectivity index (χ4v) is 14.3. The highest BCUT2D eigenvalue weighted by Gasteiger charge is 2.45. The fraction of sp³-hybridized carbons (Fsp3) is 0.350. The number of halogens is 8. The predicted molar refractivity (Wildman–Crippen MR) is 368 cm³/mol. The van der Waals surface area contributed by atoms with Gasteiger partial charge in [0, 0.05) is 107 Å². The summed E-state index contributed by atoms with van der Waals surface area (Å²) in [7, 11) is 0. The van der Waals surface area contributed by atoms with Crippen LogP contribution in [0.5, 0.6) is 11.5 Å². The summed E-state index contributed by atoms with van der Waals surface area (Å²) >= 11 is 0. The number of rotatable bonds is 21. The van der Waals surface area contributed by atoms with Crippen molar-refractivity contribution < 1.29 is 63.8 Å². The van der Waals surface area contributed by atoms with E-state index >= 15 is 13.2 Å². The van der Waals surface area contributed by atoms with Crippen LogP contribution < -0.4 is 24.6 Å². The van der Waals surface area contributed by atoms with E-state index in [4.69, 9.17) is 9.47 Å². The van der Waals surface area contributed by atoms with Crippen LogP contribution in [0.4, 0.5) is 46.5 Å². The Kier molecular flexibility index (Phi) is 22.6. The van der Waals surface area contributed by atoms with Crippen molar-refractivity contribution in [3.05, 3.63) is 261 Å². The Morgan fingerprint density at radius 2 is 0.830 bits per heavy atom. The van der Waals surface area contributed by atoms with Crippen molar-refractivity contribution in [2.24, 2.45) is 0 Å². The molecule has 1 N–H and O–H groups in total. The summed E-state index contributed by atoms with van der Waals surface area (Å²) in [6.07, 6.45) is 4.69. The molecule has 100 heavy (non-hydrogen) atoms. The van der Waals surface area contributed by atoms with E-state index in [2.05, 4.69) is 15.1 Å². The van der Waals surface area contributed by atoms with Gasteiger partial charge in [-0.05, 0) is 118 Å². The van der Waals surface area contributed by atoms with Crippen LogP contribution in [0, 0.1) is 46.5 Å². The number of carbonyl (C=O) groups excluding carboxylic acids is 4. The van der Waals surface area contributed by atoms with Crippen LogP contribution in [-0.4, -0.2) is 94.3 Å². The monoisotopic (exact) mass is 1370 g/mol. The molecule has 0 bridgehead atoms. The highest BCUT2D eigenvalue weighted by atomic mass is 19.2. The van der Waals surface area contributed by atoms with Gasteiger partial charge >= 0.3 is 0 Å². The van der Waals surface area contributed by atoms with Crippen molar-refractivity contribution in [1.29, 1.82) is 0 Å². The molecule has 0 saturated heterocycles. The number of ether oxygens (including phenoxy) is 2. The van der Waals surface area contributed by atoms with E-state index in [9.17, 15) is 41.1 Å². The second-order valence-electron chi connectivity index (χ2n) is 27.2. The second-order valence-corrected chi connectivity index (χ2v) is 27.2. The van der Waals surface area contributed by atoms with E-state index in [0.717, 1.165) is 52.9 Å². The van der Waals surface area contributed by atoms with Gasteiger partial charge < -0.3 is 29.5 Å². The SMILES string of the molecule is CC1(C)Oc2cc(F)c(C(=O)N[C@H]3CCCC[C@@H]3c3cc(F)c(F)cc3F)cc2N(CCN(Cc2ccccc2)Cc2ccccc2)C1=O.CCN(C(=O)c1cc2c(cc1F)OC(C)(C)C(=O)N2CCN(Cc1ccccc1)Cc1ccccc1)[C@H]1CCCC[C@@H]1c1cc(F)c(F)cc1F. The Bertz CT molecular complexity index is 4150. The third kappa shape index (κ3) is 16.6. The normalized spacial score (nSPS) is 18.5. The van der Waals surface area contributed by atoms with Crippen LogP contribution in [0.2, 0.25) is 0 Å². The van der Waals surface area contributed by atoms with Gasteiger partial charge in [-0.25, -0.2) is 35.1 Å². The lowest BCUT2D eigenvalue weighted by Crippen LogP contribution is -2.54. The maximum atomic E-state index is 16.0. The van der Waals surface area contributed by atoms with Crippen LogP contribution in [0.25, 0.3) is 0 Å². The van der Waals surface area contributed by atoms with Gasteiger partial charge in [-0.15, -0.1) is 0 Å². The molecule has 4 atom stereocenters. The van der Waals surface area contributed by atoms with Crippen LogP contribution in [0.15, 0.2) is 170 Å². The molecule has 2 aliphatic heterocycles. The van der Waals surface area contributed by atoms with Crippen molar-refractivity contribution in [2.75, 3.05) is 42.5 Å². The molecule has 4 amide bonds. The predicted octanol–water partition coefficient (Wildman–Crippen LogP) is 16.5. The highest BCUT2D eigenvalue weighted by Crippen LogP contribution is 2.44. The van der Waals surface area contributed by atoms with Gasteiger partial charge in [0.15, 0.2) is 34.5 Å². The van der Waals surface area contributed by atoms with E-state index in [1.54, 1.807) is 39.5 Å². The maximum absolute atomic E-state index is 16.0. The van der Waals surface area contributed by atoms with Gasteiger partial charge in [0.1, 0.15) is 34.8 Å². The number of amides is 4. The zero-order valence-electron chi connectivity index (χ0n) is 56.7. The number of nitrogens with one attached hydrogen (secondary N) is 1. The molecular weight excluding hydrogens is 1290 g/mol. The Balaban J connectivity index is 0.000000202. The smallest absolute Gasteiger partial charge is 0.270 e. The number of fused-ring (bicyclic) bond motifs is 2. The van der Waals surface area contributed by atoms with E-state index in [1.807, 2.05) is 121 Å². The molecule has 0 unspecified atom stereocenters. The number of hydrogen-bond donors (Lipinski definition) is 1. The van der Waals surface area contributed by atoms with Crippen LogP contribution >= 0.6 is 0 Å². The molecule has 8 aromatic rings. The van der Waals surface area contributed by atoms with Crippen LogP contribution in [0.1, 0.15) is 152 Å². The van der Waals surface area contributed by atoms with Gasteiger partial charge in [-0.1, -0.05) is 147 Å². The first-order chi connectivity index (χ1) is 48.0. The Hall–Kier alpha value is -9.40. The van der Waals surface area contributed by atoms with Gasteiger partial charge in [0.25, 0.3) is 23.6 Å². The molecule has 0 aromatic heterocycles. The Labute approximate surface area is 578 Å². The zero-order chi connectivity index (χ0) is 71.0. The van der Waals surface area contributed by atoms with E-state index in [-0.39, 0.29) is 76.6 Å². The first kappa shape index (κ1) is 71.9. The van der Waals surface area contributed by atoms with E-state index < -0.39 is 93.5 Å². The maximum Gasteiger partial charge on any atom is 0.270 e. The molecule has 0 radical (unpaired) electrons. The number of benzene rings is 8. The molecule has 2 fully saturated rings. The largest absolute Gasteiger partial charge is 0.476 e. The number of hydrogen-bond acceptors (Lipinski definition) is 8. The molecular formula is C80H82F8N6O6. The summed E-state index contributed by atoms with van der Waals surface area (Å²) in [5, 5.41) is 2.83. The van der Waals surface area contributed by atoms with Crippen molar-refractivity contribution in [3.63, 3.8) is 0 Å². The Morgan fingerprint density at radius 3 is 1.26 bits per heavy atom. The zero-order valence-corrected chi connectivity index (χ0v) is 56.7. The minimum Gasteiger partial charge on any atom is -0.476 e. The molecule has 8 aromatic carbocycles. The first-order valence-electron chi connectivity index (χ1n) is 34.2. The lowest BCUT2D eigenvalue weighted by molar-refractivity contribution is -0.133. The topological polar surface area (TPSA) is 115 Å². The van der Waals surface area contributed by atoms with Crippen molar-refractivity contribution in [2.45, 2.75) is 147 Å². The molecule has 524 valence electrons. The lowest BCUT2D eigenvalue weighted by Gasteiger charge is -2.41. The number of nitrogens with zero attached hydrogens (tertiary/aromatic N) is 5. The third-order valence-electron chi connectivity index (χ3n) is 19.4. The summed E-state index contributed by atoms with van der Waals surface area (Å²) in [4.78, 5) is 64.7. The molecule has 12 nitrogen and oxygen atoms in total. The number of anilines is 2. The molecule has 12 rings (SSSR count). The van der Waals surface area contributed by atoms with E-state index in [0.29, 0.717) is 96.3 Å². The van der Waals surface area contributed by atoms with Crippen LogP contribution in [-0.2, 0) is 35.8 Å². The third-order valence-corrected chi connectivity index (χ3v) is 19.4. The van der Waals surface area contributed by atoms with Crippen molar-refractivity contribution >= 4 is 35.0 Å². The molecule has 2 heterocycles. The van der Waals surface area contributed by atoms with Gasteiger partial charge in [0.2, 0.25) is 0 Å². The average Bonchev–Trinajstić information content (AvgIpc) is 0.762. The summed E-state index contributed by atoms with van der Waals surface area (Å²) in [5.74, 6) is -11.4. The Morgan fingerprint density at radius 1 is 0.460 bits per heavy atom. The number of likely N-dealkylation sites (N-methyl/N-ethyl adjacent to an activating group) is 1.